The third-order valence-electron chi connectivity index (χ3n) is 2.38. The van der Waals surface area contributed by atoms with Crippen molar-refractivity contribution in [2.24, 2.45) is 5.73 Å². The Bertz CT molecular complexity index is 628. The van der Waals surface area contributed by atoms with E-state index in [0.29, 0.717) is 22.7 Å². The van der Waals surface area contributed by atoms with Crippen molar-refractivity contribution in [2.75, 3.05) is 6.54 Å². The van der Waals surface area contributed by atoms with Gasteiger partial charge >= 0.3 is 0 Å². The van der Waals surface area contributed by atoms with Crippen LogP contribution in [0.25, 0.3) is 0 Å². The van der Waals surface area contributed by atoms with Crippen molar-refractivity contribution in [3.63, 3.8) is 0 Å². The molecule has 0 amide bonds. The first-order valence-electron chi connectivity index (χ1n) is 5.60. The fourth-order valence-electron chi connectivity index (χ4n) is 1.40. The molecule has 0 fully saturated rings. The molecule has 1 aromatic carbocycles. The zero-order valence-electron chi connectivity index (χ0n) is 10.3. The van der Waals surface area contributed by atoms with E-state index in [-0.39, 0.29) is 19.0 Å². The fraction of sp³-hybridized carbons (Fsp3) is 0.231. The summed E-state index contributed by atoms with van der Waals surface area (Å²) in [6.45, 7) is 2.13. The molecule has 19 heavy (non-hydrogen) atoms. The Labute approximate surface area is 109 Å². The van der Waals surface area contributed by atoms with Gasteiger partial charge in [-0.1, -0.05) is 22.2 Å². The smallest absolute Gasteiger partial charge is 0.145 e. The monoisotopic (exact) mass is 261 g/mol. The maximum Gasteiger partial charge on any atom is 0.145 e. The predicted octanol–water partition coefficient (Wildman–Crippen LogP) is 1.41. The number of nitrogens with zero attached hydrogens (tertiary/aromatic N) is 2. The number of benzene rings is 1. The van der Waals surface area contributed by atoms with Crippen LogP contribution in [0.5, 0.6) is 5.75 Å². The number of rotatable bonds is 3. The van der Waals surface area contributed by atoms with Crippen LogP contribution in [0.1, 0.15) is 17.0 Å². The van der Waals surface area contributed by atoms with Crippen molar-refractivity contribution in [3.8, 4) is 17.6 Å². The van der Waals surface area contributed by atoms with Crippen molar-refractivity contribution in [3.05, 3.63) is 41.0 Å². The summed E-state index contributed by atoms with van der Waals surface area (Å²) in [6.07, 6.45) is 0. The molecular weight excluding hydrogens is 249 g/mol. The molecule has 0 aliphatic rings. The molecule has 0 radical (unpaired) electrons. The normalized spacial score (nSPS) is 9.84. The first-order chi connectivity index (χ1) is 9.20. The van der Waals surface area contributed by atoms with Crippen molar-refractivity contribution >= 4 is 0 Å². The van der Waals surface area contributed by atoms with E-state index in [0.717, 1.165) is 0 Å². The summed E-state index contributed by atoms with van der Waals surface area (Å²) < 4.78 is 23.3. The third kappa shape index (κ3) is 3.30. The Morgan fingerprint density at radius 1 is 1.42 bits per heavy atom. The summed E-state index contributed by atoms with van der Waals surface area (Å²) in [5.41, 5.74) is 6.98. The number of halogens is 1. The van der Waals surface area contributed by atoms with Gasteiger partial charge in [-0.2, -0.15) is 0 Å². The van der Waals surface area contributed by atoms with Gasteiger partial charge in [-0.25, -0.2) is 9.02 Å². The van der Waals surface area contributed by atoms with E-state index in [4.69, 9.17) is 10.5 Å². The zero-order valence-corrected chi connectivity index (χ0v) is 10.3. The SMILES string of the molecule is Cc1nonc1COc1ccc(F)cc1C#CCN. The van der Waals surface area contributed by atoms with E-state index in [1.165, 1.54) is 18.2 Å². The highest BCUT2D eigenvalue weighted by Gasteiger charge is 2.08. The minimum Gasteiger partial charge on any atom is -0.486 e. The molecule has 0 atom stereocenters. The molecule has 0 spiro atoms. The van der Waals surface area contributed by atoms with Gasteiger partial charge in [0.15, 0.2) is 0 Å². The molecule has 0 aliphatic carbocycles. The number of aromatic nitrogens is 2. The summed E-state index contributed by atoms with van der Waals surface area (Å²) in [7, 11) is 0. The Morgan fingerprint density at radius 3 is 2.95 bits per heavy atom. The van der Waals surface area contributed by atoms with Crippen LogP contribution < -0.4 is 10.5 Å². The second-order valence-electron chi connectivity index (χ2n) is 3.73. The molecule has 5 nitrogen and oxygen atoms in total. The molecule has 2 rings (SSSR count). The second kappa shape index (κ2) is 5.98. The molecule has 1 heterocycles. The van der Waals surface area contributed by atoms with Gasteiger partial charge in [0.1, 0.15) is 29.6 Å². The highest BCUT2D eigenvalue weighted by atomic mass is 19.1. The Morgan fingerprint density at radius 2 is 2.26 bits per heavy atom. The molecule has 0 saturated heterocycles. The Kier molecular flexibility index (Phi) is 4.11. The minimum absolute atomic E-state index is 0.179. The molecule has 98 valence electrons. The molecule has 0 bridgehead atoms. The van der Waals surface area contributed by atoms with Gasteiger partial charge < -0.3 is 10.5 Å². The van der Waals surface area contributed by atoms with Crippen molar-refractivity contribution in [1.29, 1.82) is 0 Å². The highest BCUT2D eigenvalue weighted by Crippen LogP contribution is 2.20. The highest BCUT2D eigenvalue weighted by molar-refractivity contribution is 5.46. The number of hydrogen-bond acceptors (Lipinski definition) is 5. The van der Waals surface area contributed by atoms with Crippen LogP contribution in [0.15, 0.2) is 22.8 Å². The van der Waals surface area contributed by atoms with E-state index in [2.05, 4.69) is 26.8 Å². The molecule has 2 N–H and O–H groups in total. The van der Waals surface area contributed by atoms with Gasteiger partial charge in [0.2, 0.25) is 0 Å². The lowest BCUT2D eigenvalue weighted by Gasteiger charge is -2.06. The summed E-state index contributed by atoms with van der Waals surface area (Å²) in [5, 5.41) is 7.34. The van der Waals surface area contributed by atoms with Crippen LogP contribution in [0.4, 0.5) is 4.39 Å². The average Bonchev–Trinajstić information content (AvgIpc) is 2.81. The van der Waals surface area contributed by atoms with Gasteiger partial charge in [0.25, 0.3) is 0 Å². The van der Waals surface area contributed by atoms with Gasteiger partial charge in [-0.15, -0.1) is 0 Å². The average molecular weight is 261 g/mol. The van der Waals surface area contributed by atoms with Crippen LogP contribution in [0.3, 0.4) is 0 Å². The largest absolute Gasteiger partial charge is 0.486 e. The molecule has 0 saturated carbocycles. The molecule has 0 aliphatic heterocycles. The minimum atomic E-state index is -0.382. The summed E-state index contributed by atoms with van der Waals surface area (Å²) in [6, 6.07) is 4.11. The number of ether oxygens (including phenoxy) is 1. The van der Waals surface area contributed by atoms with E-state index >= 15 is 0 Å². The molecule has 6 heteroatoms. The summed E-state index contributed by atoms with van der Waals surface area (Å²) in [4.78, 5) is 0. The lowest BCUT2D eigenvalue weighted by molar-refractivity contribution is 0.269. The number of aryl methyl sites for hydroxylation is 1. The lowest BCUT2D eigenvalue weighted by Crippen LogP contribution is -2.00. The van der Waals surface area contributed by atoms with Crippen molar-refractivity contribution in [1.82, 2.24) is 10.3 Å². The first-order valence-corrected chi connectivity index (χ1v) is 5.60. The maximum absolute atomic E-state index is 13.2. The lowest BCUT2D eigenvalue weighted by atomic mass is 10.2. The molecule has 2 aromatic rings. The van der Waals surface area contributed by atoms with Gasteiger partial charge in [-0.05, 0) is 25.1 Å². The Balaban J connectivity index is 2.17. The third-order valence-corrected chi connectivity index (χ3v) is 2.38. The van der Waals surface area contributed by atoms with Gasteiger partial charge in [0, 0.05) is 0 Å². The van der Waals surface area contributed by atoms with Crippen LogP contribution in [-0.2, 0) is 6.61 Å². The molecular formula is C13H12FN3O2. The van der Waals surface area contributed by atoms with E-state index < -0.39 is 0 Å². The van der Waals surface area contributed by atoms with Crippen LogP contribution in [0.2, 0.25) is 0 Å². The predicted molar refractivity (Wildman–Crippen MR) is 65.7 cm³/mol. The van der Waals surface area contributed by atoms with Crippen LogP contribution >= 0.6 is 0 Å². The van der Waals surface area contributed by atoms with Crippen molar-refractivity contribution in [2.45, 2.75) is 13.5 Å². The van der Waals surface area contributed by atoms with Crippen LogP contribution in [-0.4, -0.2) is 16.9 Å². The van der Waals surface area contributed by atoms with Gasteiger partial charge in [0.05, 0.1) is 12.1 Å². The van der Waals surface area contributed by atoms with E-state index in [1.54, 1.807) is 6.92 Å². The zero-order chi connectivity index (χ0) is 13.7. The van der Waals surface area contributed by atoms with Crippen LogP contribution in [0, 0.1) is 24.6 Å². The van der Waals surface area contributed by atoms with E-state index in [9.17, 15) is 4.39 Å². The topological polar surface area (TPSA) is 74.2 Å². The molecule has 1 aromatic heterocycles. The van der Waals surface area contributed by atoms with Gasteiger partial charge in [-0.3, -0.25) is 0 Å². The second-order valence-corrected chi connectivity index (χ2v) is 3.73. The first kappa shape index (κ1) is 13.1. The maximum atomic E-state index is 13.2. The quantitative estimate of drug-likeness (QED) is 0.845. The Hall–Kier alpha value is -2.39. The fourth-order valence-corrected chi connectivity index (χ4v) is 1.40. The summed E-state index contributed by atoms with van der Waals surface area (Å²) in [5.74, 6) is 5.50. The number of nitrogens with two attached hydrogens (primary N) is 1. The number of hydrogen-bond donors (Lipinski definition) is 1. The van der Waals surface area contributed by atoms with Crippen molar-refractivity contribution < 1.29 is 13.8 Å². The standard InChI is InChI=1S/C13H12FN3O2/c1-9-12(17-19-16-9)8-18-13-5-4-11(14)7-10(13)3-2-6-15/h4-5,7H,6,8,15H2,1H3. The van der Waals surface area contributed by atoms with E-state index in [1.807, 2.05) is 0 Å². The summed E-state index contributed by atoms with van der Waals surface area (Å²) >= 11 is 0. The molecule has 0 unspecified atom stereocenters.